The molecule has 0 atom stereocenters. The SMILES string of the molecule is Cc1ccc2c(c1)c(=O)n(C)c1nnc(CN(CC(C)C)c3c(N)n(CC(C)C)c(=O)[nH]c3=O)n21. The van der Waals surface area contributed by atoms with Crippen molar-refractivity contribution in [3.05, 3.63) is 60.8 Å². The Labute approximate surface area is 201 Å². The van der Waals surface area contributed by atoms with Gasteiger partial charge in [-0.2, -0.15) is 0 Å². The number of nitrogens with zero attached hydrogens (tertiary/aromatic N) is 6. The van der Waals surface area contributed by atoms with Gasteiger partial charge in [-0.3, -0.25) is 28.1 Å². The Kier molecular flexibility index (Phi) is 6.27. The zero-order chi connectivity index (χ0) is 25.6. The highest BCUT2D eigenvalue weighted by atomic mass is 16.2. The van der Waals surface area contributed by atoms with E-state index < -0.39 is 11.2 Å². The molecule has 0 spiro atoms. The van der Waals surface area contributed by atoms with Crippen LogP contribution in [0.4, 0.5) is 11.5 Å². The molecule has 4 aromatic rings. The van der Waals surface area contributed by atoms with Crippen molar-refractivity contribution in [2.45, 2.75) is 47.7 Å². The van der Waals surface area contributed by atoms with Crippen LogP contribution in [0.3, 0.4) is 0 Å². The minimum absolute atomic E-state index is 0.120. The van der Waals surface area contributed by atoms with Crippen LogP contribution in [-0.4, -0.2) is 35.3 Å². The van der Waals surface area contributed by atoms with Crippen molar-refractivity contribution in [1.82, 2.24) is 28.7 Å². The van der Waals surface area contributed by atoms with E-state index >= 15 is 0 Å². The lowest BCUT2D eigenvalue weighted by Crippen LogP contribution is -2.40. The molecule has 0 radical (unpaired) electrons. The molecule has 0 amide bonds. The summed E-state index contributed by atoms with van der Waals surface area (Å²) < 4.78 is 4.70. The Balaban J connectivity index is 1.93. The molecule has 4 rings (SSSR count). The molecule has 0 unspecified atom stereocenters. The van der Waals surface area contributed by atoms with E-state index in [0.29, 0.717) is 35.6 Å². The topological polar surface area (TPSA) is 136 Å². The number of rotatable bonds is 7. The molecule has 186 valence electrons. The standard InChI is InChI=1S/C24H32N8O3/c1-13(2)10-30(19-20(25)31(11-14(3)4)24(35)26-21(19)33)12-18-27-28-23-29(6)22(34)16-9-15(5)7-8-17(16)32(18)23/h7-9,13-14H,10-12,25H2,1-6H3,(H,26,33,35). The molecular formula is C24H32N8O3. The van der Waals surface area contributed by atoms with E-state index in [4.69, 9.17) is 5.73 Å². The summed E-state index contributed by atoms with van der Waals surface area (Å²) in [4.78, 5) is 42.6. The fraction of sp³-hybridized carbons (Fsp3) is 0.458. The first-order valence-electron chi connectivity index (χ1n) is 11.7. The first-order chi connectivity index (χ1) is 16.5. The van der Waals surface area contributed by atoms with E-state index in [1.54, 1.807) is 7.05 Å². The third-order valence-corrected chi connectivity index (χ3v) is 5.94. The molecule has 11 heteroatoms. The molecule has 3 N–H and O–H groups in total. The number of aromatic nitrogens is 6. The summed E-state index contributed by atoms with van der Waals surface area (Å²) in [7, 11) is 1.66. The first kappa shape index (κ1) is 24.2. The maximum atomic E-state index is 13.0. The van der Waals surface area contributed by atoms with Crippen molar-refractivity contribution >= 4 is 28.2 Å². The lowest BCUT2D eigenvalue weighted by Gasteiger charge is -2.27. The van der Waals surface area contributed by atoms with Gasteiger partial charge in [-0.1, -0.05) is 39.3 Å². The van der Waals surface area contributed by atoms with Crippen LogP contribution >= 0.6 is 0 Å². The highest BCUT2D eigenvalue weighted by molar-refractivity contribution is 5.81. The third kappa shape index (κ3) is 4.33. The van der Waals surface area contributed by atoms with Gasteiger partial charge < -0.3 is 10.6 Å². The van der Waals surface area contributed by atoms with Gasteiger partial charge in [0.1, 0.15) is 11.5 Å². The Morgan fingerprint density at radius 2 is 1.80 bits per heavy atom. The van der Waals surface area contributed by atoms with Crippen LogP contribution in [0.2, 0.25) is 0 Å². The molecule has 0 saturated carbocycles. The van der Waals surface area contributed by atoms with Crippen molar-refractivity contribution in [3.8, 4) is 0 Å². The Morgan fingerprint density at radius 3 is 2.46 bits per heavy atom. The summed E-state index contributed by atoms with van der Waals surface area (Å²) in [5.74, 6) is 1.41. The van der Waals surface area contributed by atoms with Gasteiger partial charge in [0.15, 0.2) is 5.82 Å². The summed E-state index contributed by atoms with van der Waals surface area (Å²) in [6.45, 7) is 11.0. The van der Waals surface area contributed by atoms with E-state index in [0.717, 1.165) is 5.56 Å². The zero-order valence-electron chi connectivity index (χ0n) is 21.0. The van der Waals surface area contributed by atoms with Crippen molar-refractivity contribution in [2.24, 2.45) is 18.9 Å². The summed E-state index contributed by atoms with van der Waals surface area (Å²) >= 11 is 0. The van der Waals surface area contributed by atoms with Gasteiger partial charge in [0.05, 0.1) is 17.4 Å². The summed E-state index contributed by atoms with van der Waals surface area (Å²) in [6, 6.07) is 5.65. The second-order valence-electron chi connectivity index (χ2n) is 9.91. The van der Waals surface area contributed by atoms with E-state index in [9.17, 15) is 14.4 Å². The molecule has 0 bridgehead atoms. The molecule has 0 aliphatic carbocycles. The average molecular weight is 481 g/mol. The summed E-state index contributed by atoms with van der Waals surface area (Å²) in [5, 5.41) is 9.21. The number of H-pyrrole nitrogens is 1. The van der Waals surface area contributed by atoms with Crippen LogP contribution in [0.1, 0.15) is 39.1 Å². The first-order valence-corrected chi connectivity index (χ1v) is 11.7. The fourth-order valence-electron chi connectivity index (χ4n) is 4.44. The highest BCUT2D eigenvalue weighted by Gasteiger charge is 2.23. The minimum Gasteiger partial charge on any atom is -0.383 e. The van der Waals surface area contributed by atoms with E-state index in [-0.39, 0.29) is 35.4 Å². The van der Waals surface area contributed by atoms with Crippen molar-refractivity contribution in [2.75, 3.05) is 17.2 Å². The largest absolute Gasteiger partial charge is 0.383 e. The van der Waals surface area contributed by atoms with Crippen LogP contribution < -0.4 is 27.4 Å². The van der Waals surface area contributed by atoms with Crippen LogP contribution in [0.5, 0.6) is 0 Å². The van der Waals surface area contributed by atoms with Crippen LogP contribution in [-0.2, 0) is 20.1 Å². The number of aromatic amines is 1. The normalized spacial score (nSPS) is 11.9. The second-order valence-corrected chi connectivity index (χ2v) is 9.91. The molecule has 11 nitrogen and oxygen atoms in total. The molecule has 0 saturated heterocycles. The minimum atomic E-state index is -0.546. The molecule has 3 aromatic heterocycles. The number of benzene rings is 1. The number of hydrogen-bond acceptors (Lipinski definition) is 7. The maximum Gasteiger partial charge on any atom is 0.330 e. The number of nitrogen functional groups attached to an aromatic ring is 1. The molecule has 0 fully saturated rings. The average Bonchev–Trinajstić information content (AvgIpc) is 3.18. The summed E-state index contributed by atoms with van der Waals surface area (Å²) in [6.07, 6.45) is 0. The second kappa shape index (κ2) is 9.05. The number of nitrogens with one attached hydrogen (secondary N) is 1. The van der Waals surface area contributed by atoms with Gasteiger partial charge in [0, 0.05) is 20.1 Å². The van der Waals surface area contributed by atoms with Gasteiger partial charge in [-0.15, -0.1) is 10.2 Å². The molecule has 0 aliphatic rings. The number of nitrogens with two attached hydrogens (primary N) is 1. The van der Waals surface area contributed by atoms with Crippen molar-refractivity contribution in [1.29, 1.82) is 0 Å². The zero-order valence-corrected chi connectivity index (χ0v) is 21.0. The van der Waals surface area contributed by atoms with Crippen molar-refractivity contribution < 1.29 is 0 Å². The van der Waals surface area contributed by atoms with Crippen LogP contribution in [0.25, 0.3) is 16.7 Å². The lowest BCUT2D eigenvalue weighted by atomic mass is 10.1. The predicted molar refractivity (Wildman–Crippen MR) is 137 cm³/mol. The predicted octanol–water partition coefficient (Wildman–Crippen LogP) is 1.64. The lowest BCUT2D eigenvalue weighted by molar-refractivity contribution is 0.505. The van der Waals surface area contributed by atoms with Crippen molar-refractivity contribution in [3.63, 3.8) is 0 Å². The van der Waals surface area contributed by atoms with Gasteiger partial charge >= 0.3 is 5.69 Å². The van der Waals surface area contributed by atoms with E-state index in [2.05, 4.69) is 15.2 Å². The van der Waals surface area contributed by atoms with Gasteiger partial charge in [-0.05, 0) is 30.9 Å². The number of aryl methyl sites for hydroxylation is 2. The monoisotopic (exact) mass is 480 g/mol. The highest BCUT2D eigenvalue weighted by Crippen LogP contribution is 2.23. The maximum absolute atomic E-state index is 13.0. The quantitative estimate of drug-likeness (QED) is 0.410. The summed E-state index contributed by atoms with van der Waals surface area (Å²) in [5.41, 5.74) is 7.06. The van der Waals surface area contributed by atoms with Crippen LogP contribution in [0.15, 0.2) is 32.6 Å². The Morgan fingerprint density at radius 1 is 1.09 bits per heavy atom. The van der Waals surface area contributed by atoms with E-state index in [1.165, 1.54) is 9.13 Å². The Hall–Kier alpha value is -3.89. The van der Waals surface area contributed by atoms with Gasteiger partial charge in [-0.25, -0.2) is 4.79 Å². The number of hydrogen-bond donors (Lipinski definition) is 2. The number of anilines is 2. The molecule has 0 aliphatic heterocycles. The smallest absolute Gasteiger partial charge is 0.330 e. The van der Waals surface area contributed by atoms with Crippen LogP contribution in [0, 0.1) is 18.8 Å². The molecule has 1 aromatic carbocycles. The van der Waals surface area contributed by atoms with Gasteiger partial charge in [0.2, 0.25) is 5.78 Å². The van der Waals surface area contributed by atoms with E-state index in [1.807, 2.05) is 62.1 Å². The number of fused-ring (bicyclic) bond motifs is 3. The van der Waals surface area contributed by atoms with Gasteiger partial charge in [0.25, 0.3) is 11.1 Å². The Bertz CT molecular complexity index is 1590. The fourth-order valence-corrected chi connectivity index (χ4v) is 4.44. The molecule has 35 heavy (non-hydrogen) atoms. The third-order valence-electron chi connectivity index (χ3n) is 5.94. The molecule has 3 heterocycles. The molecular weight excluding hydrogens is 448 g/mol.